The Morgan fingerprint density at radius 2 is 1.35 bits per heavy atom. The molecule has 20 heavy (non-hydrogen) atoms. The first-order chi connectivity index (χ1) is 9.07. The van der Waals surface area contributed by atoms with Crippen molar-refractivity contribution in [1.29, 1.82) is 0 Å². The maximum absolute atomic E-state index is 11.5. The number of carbonyl (C=O) groups is 2. The van der Waals surface area contributed by atoms with E-state index in [0.717, 1.165) is 17.9 Å². The standard InChI is InChI=1S/C15H29NO3.Na/c1-4-5-6-7-8-9-10-11-12-13-15(18)16(3)19-14(2)17;/h4-13H2,1-3H3;. The van der Waals surface area contributed by atoms with Gasteiger partial charge in [0.1, 0.15) is 0 Å². The summed E-state index contributed by atoms with van der Waals surface area (Å²) >= 11 is 0. The van der Waals surface area contributed by atoms with Gasteiger partial charge in [0.25, 0.3) is 5.91 Å². The molecule has 0 spiro atoms. The SMILES string of the molecule is CCCCCCCCCCCC(=O)N(C)OC(C)=O.[Na]. The molecule has 113 valence electrons. The predicted molar refractivity (Wildman–Crippen MR) is 82.1 cm³/mol. The van der Waals surface area contributed by atoms with Crippen LogP contribution >= 0.6 is 0 Å². The number of amides is 1. The second-order valence-electron chi connectivity index (χ2n) is 5.05. The van der Waals surface area contributed by atoms with Crippen molar-refractivity contribution >= 4 is 41.4 Å². The van der Waals surface area contributed by atoms with Gasteiger partial charge in [-0.1, -0.05) is 58.3 Å². The molecule has 0 atom stereocenters. The molecule has 5 heteroatoms. The molecule has 0 bridgehead atoms. The van der Waals surface area contributed by atoms with Crippen LogP contribution in [0.1, 0.15) is 78.1 Å². The zero-order valence-electron chi connectivity index (χ0n) is 13.7. The Bertz CT molecular complexity index is 260. The van der Waals surface area contributed by atoms with Crippen LogP contribution in [0, 0.1) is 0 Å². The number of rotatable bonds is 10. The van der Waals surface area contributed by atoms with E-state index in [1.807, 2.05) is 0 Å². The topological polar surface area (TPSA) is 46.6 Å². The summed E-state index contributed by atoms with van der Waals surface area (Å²) in [6, 6.07) is 0. The average Bonchev–Trinajstić information content (AvgIpc) is 2.35. The minimum Gasteiger partial charge on any atom is -0.339 e. The van der Waals surface area contributed by atoms with Gasteiger partial charge in [0, 0.05) is 49.9 Å². The summed E-state index contributed by atoms with van der Waals surface area (Å²) in [7, 11) is 1.48. The largest absolute Gasteiger partial charge is 0.339 e. The summed E-state index contributed by atoms with van der Waals surface area (Å²) in [4.78, 5) is 26.9. The molecule has 0 aromatic heterocycles. The van der Waals surface area contributed by atoms with Crippen molar-refractivity contribution in [2.75, 3.05) is 7.05 Å². The maximum atomic E-state index is 11.5. The normalized spacial score (nSPS) is 9.75. The smallest absolute Gasteiger partial charge is 0.329 e. The van der Waals surface area contributed by atoms with Crippen LogP contribution in [-0.2, 0) is 14.4 Å². The molecule has 0 unspecified atom stereocenters. The van der Waals surface area contributed by atoms with Crippen LogP contribution in [0.25, 0.3) is 0 Å². The van der Waals surface area contributed by atoms with E-state index in [1.165, 1.54) is 58.9 Å². The maximum Gasteiger partial charge on any atom is 0.329 e. The molecule has 1 amide bonds. The van der Waals surface area contributed by atoms with Crippen molar-refractivity contribution in [3.05, 3.63) is 0 Å². The molecule has 0 aliphatic rings. The summed E-state index contributed by atoms with van der Waals surface area (Å²) in [5, 5.41) is 1.03. The molecule has 0 saturated carbocycles. The van der Waals surface area contributed by atoms with E-state index in [-0.39, 0.29) is 35.5 Å². The molecule has 4 nitrogen and oxygen atoms in total. The van der Waals surface area contributed by atoms with Crippen molar-refractivity contribution in [1.82, 2.24) is 5.06 Å². The third-order valence-corrected chi connectivity index (χ3v) is 3.11. The first-order valence-electron chi connectivity index (χ1n) is 7.53. The van der Waals surface area contributed by atoms with Crippen molar-refractivity contribution in [2.45, 2.75) is 78.1 Å². The summed E-state index contributed by atoms with van der Waals surface area (Å²) in [5.41, 5.74) is 0. The van der Waals surface area contributed by atoms with Gasteiger partial charge >= 0.3 is 5.97 Å². The first kappa shape index (κ1) is 22.2. The Hall–Kier alpha value is -0.0600. The van der Waals surface area contributed by atoms with Gasteiger partial charge in [-0.15, -0.1) is 0 Å². The minimum absolute atomic E-state index is 0. The predicted octanol–water partition coefficient (Wildman–Crippen LogP) is 3.46. The number of hydrogen-bond donors (Lipinski definition) is 0. The molecule has 0 aliphatic heterocycles. The molecule has 0 rings (SSSR count). The monoisotopic (exact) mass is 294 g/mol. The molecule has 0 heterocycles. The Kier molecular flexibility index (Phi) is 17.0. The fourth-order valence-corrected chi connectivity index (χ4v) is 1.99. The summed E-state index contributed by atoms with van der Waals surface area (Å²) in [6.07, 6.45) is 11.5. The van der Waals surface area contributed by atoms with Crippen LogP contribution in [0.2, 0.25) is 0 Å². The van der Waals surface area contributed by atoms with E-state index < -0.39 is 5.97 Å². The van der Waals surface area contributed by atoms with Gasteiger partial charge in [-0.2, -0.15) is 5.06 Å². The Morgan fingerprint density at radius 3 is 1.80 bits per heavy atom. The summed E-state index contributed by atoms with van der Waals surface area (Å²) < 4.78 is 0. The van der Waals surface area contributed by atoms with E-state index in [2.05, 4.69) is 11.8 Å². The van der Waals surface area contributed by atoms with Crippen LogP contribution in [0.4, 0.5) is 0 Å². The molecule has 0 aliphatic carbocycles. The van der Waals surface area contributed by atoms with Crippen LogP contribution in [0.3, 0.4) is 0 Å². The molecular weight excluding hydrogens is 265 g/mol. The molecule has 0 fully saturated rings. The molecular formula is C15H29NNaO3. The number of unbranched alkanes of at least 4 members (excludes halogenated alkanes) is 8. The van der Waals surface area contributed by atoms with Gasteiger partial charge in [0.05, 0.1) is 0 Å². The van der Waals surface area contributed by atoms with Crippen molar-refractivity contribution in [2.24, 2.45) is 0 Å². The number of carbonyl (C=O) groups excluding carboxylic acids is 2. The van der Waals surface area contributed by atoms with E-state index >= 15 is 0 Å². The van der Waals surface area contributed by atoms with E-state index in [1.54, 1.807) is 0 Å². The summed E-state index contributed by atoms with van der Waals surface area (Å²) in [5.74, 6) is -0.582. The van der Waals surface area contributed by atoms with Crippen molar-refractivity contribution in [3.63, 3.8) is 0 Å². The molecule has 0 saturated heterocycles. The van der Waals surface area contributed by atoms with Gasteiger partial charge in [-0.25, -0.2) is 0 Å². The summed E-state index contributed by atoms with van der Waals surface area (Å²) in [6.45, 7) is 3.52. The third-order valence-electron chi connectivity index (χ3n) is 3.11. The second-order valence-corrected chi connectivity index (χ2v) is 5.05. The van der Waals surface area contributed by atoms with Crippen molar-refractivity contribution in [3.8, 4) is 0 Å². The molecule has 0 aromatic rings. The molecule has 0 aromatic carbocycles. The van der Waals surface area contributed by atoms with Crippen LogP contribution in [-0.4, -0.2) is 53.5 Å². The van der Waals surface area contributed by atoms with Crippen LogP contribution < -0.4 is 0 Å². The van der Waals surface area contributed by atoms with Gasteiger partial charge < -0.3 is 4.84 Å². The Balaban J connectivity index is 0. The zero-order valence-corrected chi connectivity index (χ0v) is 15.7. The third kappa shape index (κ3) is 14.4. The fraction of sp³-hybridized carbons (Fsp3) is 0.867. The van der Waals surface area contributed by atoms with Gasteiger partial charge in [-0.3, -0.25) is 9.59 Å². The van der Waals surface area contributed by atoms with Crippen LogP contribution in [0.5, 0.6) is 0 Å². The fourth-order valence-electron chi connectivity index (χ4n) is 1.99. The Morgan fingerprint density at radius 1 is 0.900 bits per heavy atom. The number of hydrogen-bond acceptors (Lipinski definition) is 3. The Labute approximate surface area is 145 Å². The van der Waals surface area contributed by atoms with Gasteiger partial charge in [-0.05, 0) is 6.42 Å². The second kappa shape index (κ2) is 15.3. The van der Waals surface area contributed by atoms with E-state index in [0.29, 0.717) is 6.42 Å². The van der Waals surface area contributed by atoms with E-state index in [4.69, 9.17) is 0 Å². The minimum atomic E-state index is -0.456. The first-order valence-corrected chi connectivity index (χ1v) is 7.53. The van der Waals surface area contributed by atoms with Crippen LogP contribution in [0.15, 0.2) is 0 Å². The number of hydroxylamine groups is 2. The van der Waals surface area contributed by atoms with E-state index in [9.17, 15) is 9.59 Å². The number of nitrogens with zero attached hydrogens (tertiary/aromatic N) is 1. The molecule has 1 radical (unpaired) electrons. The molecule has 0 N–H and O–H groups in total. The average molecular weight is 294 g/mol. The van der Waals surface area contributed by atoms with Gasteiger partial charge in [0.15, 0.2) is 0 Å². The van der Waals surface area contributed by atoms with Crippen molar-refractivity contribution < 1.29 is 14.4 Å². The zero-order chi connectivity index (χ0) is 14.5. The van der Waals surface area contributed by atoms with Gasteiger partial charge in [0.2, 0.25) is 0 Å². The quantitative estimate of drug-likeness (QED) is 0.352.